The van der Waals surface area contributed by atoms with Crippen molar-refractivity contribution in [2.75, 3.05) is 37.0 Å². The van der Waals surface area contributed by atoms with Gasteiger partial charge in [0, 0.05) is 6.54 Å². The van der Waals surface area contributed by atoms with Gasteiger partial charge in [0.1, 0.15) is 6.54 Å². The number of hydrogen-bond donors (Lipinski definition) is 1. The predicted octanol–water partition coefficient (Wildman–Crippen LogP) is 3.79. The van der Waals surface area contributed by atoms with Crippen LogP contribution in [0.5, 0.6) is 0 Å². The molecule has 0 spiro atoms. The molecule has 0 saturated carbocycles. The largest absolute Gasteiger partial charge is 0.354 e. The summed E-state index contributed by atoms with van der Waals surface area (Å²) in [4.78, 5) is 15.0. The van der Waals surface area contributed by atoms with Gasteiger partial charge in [-0.25, -0.2) is 8.42 Å². The molecular weight excluding hydrogens is 445 g/mol. The normalized spacial score (nSPS) is 14.6. The van der Waals surface area contributed by atoms with Crippen LogP contribution in [-0.4, -0.2) is 51.9 Å². The Morgan fingerprint density at radius 3 is 2.40 bits per heavy atom. The fraction of sp³-hybridized carbons (Fsp3) is 0.381. The van der Waals surface area contributed by atoms with Crippen molar-refractivity contribution in [3.05, 3.63) is 58.6 Å². The fourth-order valence-corrected chi connectivity index (χ4v) is 5.12. The fourth-order valence-electron chi connectivity index (χ4n) is 3.40. The number of likely N-dealkylation sites (tertiary alicyclic amines) is 1. The van der Waals surface area contributed by atoms with Crippen LogP contribution < -0.4 is 9.62 Å². The molecule has 0 aromatic heterocycles. The first-order chi connectivity index (χ1) is 14.4. The molecule has 1 saturated heterocycles. The zero-order valence-corrected chi connectivity index (χ0v) is 18.9. The number of amides is 1. The van der Waals surface area contributed by atoms with Gasteiger partial charge in [-0.2, -0.15) is 0 Å². The Morgan fingerprint density at radius 2 is 1.73 bits per heavy atom. The molecule has 1 heterocycles. The smallest absolute Gasteiger partial charge is 0.264 e. The molecule has 0 unspecified atom stereocenters. The van der Waals surface area contributed by atoms with Crippen molar-refractivity contribution in [3.8, 4) is 0 Å². The predicted molar refractivity (Wildman–Crippen MR) is 121 cm³/mol. The minimum absolute atomic E-state index is 0.0953. The van der Waals surface area contributed by atoms with Crippen molar-refractivity contribution in [1.82, 2.24) is 10.2 Å². The van der Waals surface area contributed by atoms with Gasteiger partial charge in [0.2, 0.25) is 5.91 Å². The van der Waals surface area contributed by atoms with Crippen molar-refractivity contribution in [2.24, 2.45) is 0 Å². The maximum absolute atomic E-state index is 13.2. The molecule has 6 nitrogen and oxygen atoms in total. The Bertz CT molecular complexity index is 965. The molecule has 0 radical (unpaired) electrons. The van der Waals surface area contributed by atoms with Gasteiger partial charge in [-0.3, -0.25) is 9.10 Å². The van der Waals surface area contributed by atoms with Gasteiger partial charge in [-0.1, -0.05) is 41.4 Å². The highest BCUT2D eigenvalue weighted by Gasteiger charge is 2.27. The zero-order chi connectivity index (χ0) is 21.6. The van der Waals surface area contributed by atoms with E-state index in [1.807, 2.05) is 0 Å². The number of anilines is 1. The van der Waals surface area contributed by atoms with Crippen LogP contribution in [0, 0.1) is 0 Å². The van der Waals surface area contributed by atoms with Crippen molar-refractivity contribution in [2.45, 2.75) is 24.2 Å². The molecule has 0 bridgehead atoms. The first-order valence-corrected chi connectivity index (χ1v) is 12.1. The van der Waals surface area contributed by atoms with E-state index in [2.05, 4.69) is 10.2 Å². The first-order valence-electron chi connectivity index (χ1n) is 9.90. The van der Waals surface area contributed by atoms with Gasteiger partial charge in [0.05, 0.1) is 20.6 Å². The highest BCUT2D eigenvalue weighted by molar-refractivity contribution is 7.92. The van der Waals surface area contributed by atoms with Crippen LogP contribution in [0.25, 0.3) is 0 Å². The standard InChI is InChI=1S/C21H25Cl2N3O3S/c22-19-10-9-17(15-20(19)23)26(30(28,29)18-7-2-1-3-8-18)16-21(27)24-11-6-14-25-12-4-5-13-25/h1-3,7-10,15H,4-6,11-14,16H2,(H,24,27). The van der Waals surface area contributed by atoms with Crippen molar-refractivity contribution in [1.29, 1.82) is 0 Å². The lowest BCUT2D eigenvalue weighted by Crippen LogP contribution is -2.41. The van der Waals surface area contributed by atoms with E-state index in [9.17, 15) is 13.2 Å². The molecule has 0 aliphatic carbocycles. The third-order valence-corrected chi connectivity index (χ3v) is 7.51. The lowest BCUT2D eigenvalue weighted by atomic mass is 10.3. The SMILES string of the molecule is O=C(CN(c1ccc(Cl)c(Cl)c1)S(=O)(=O)c1ccccc1)NCCCN1CCCC1. The van der Waals surface area contributed by atoms with E-state index in [4.69, 9.17) is 23.2 Å². The second-order valence-corrected chi connectivity index (χ2v) is 9.85. The molecule has 0 atom stereocenters. The molecule has 2 aromatic rings. The molecule has 3 rings (SSSR count). The summed E-state index contributed by atoms with van der Waals surface area (Å²) in [6, 6.07) is 12.5. The van der Waals surface area contributed by atoms with E-state index in [1.165, 1.54) is 43.2 Å². The Kier molecular flexibility index (Phi) is 7.99. The number of carbonyl (C=O) groups excluding carboxylic acids is 1. The van der Waals surface area contributed by atoms with E-state index in [1.54, 1.807) is 18.2 Å². The molecule has 1 aliphatic rings. The van der Waals surface area contributed by atoms with Crippen LogP contribution in [-0.2, 0) is 14.8 Å². The van der Waals surface area contributed by atoms with Gasteiger partial charge in [0.25, 0.3) is 10.0 Å². The number of rotatable bonds is 9. The van der Waals surface area contributed by atoms with Crippen molar-refractivity contribution < 1.29 is 13.2 Å². The van der Waals surface area contributed by atoms with Gasteiger partial charge in [-0.15, -0.1) is 0 Å². The Labute approximate surface area is 187 Å². The summed E-state index contributed by atoms with van der Waals surface area (Å²) >= 11 is 12.1. The molecule has 2 aromatic carbocycles. The maximum Gasteiger partial charge on any atom is 0.264 e. The summed E-state index contributed by atoms with van der Waals surface area (Å²) in [7, 11) is -3.96. The summed E-state index contributed by atoms with van der Waals surface area (Å²) in [6.45, 7) is 3.29. The minimum Gasteiger partial charge on any atom is -0.354 e. The summed E-state index contributed by atoms with van der Waals surface area (Å²) in [5, 5.41) is 3.35. The van der Waals surface area contributed by atoms with Gasteiger partial charge in [0.15, 0.2) is 0 Å². The number of halogens is 2. The number of nitrogens with zero attached hydrogens (tertiary/aromatic N) is 2. The van der Waals surface area contributed by atoms with E-state index >= 15 is 0 Å². The molecular formula is C21H25Cl2N3O3S. The molecule has 30 heavy (non-hydrogen) atoms. The average Bonchev–Trinajstić information content (AvgIpc) is 3.26. The quantitative estimate of drug-likeness (QED) is 0.567. The average molecular weight is 470 g/mol. The number of benzene rings is 2. The number of sulfonamides is 1. The van der Waals surface area contributed by atoms with E-state index in [0.29, 0.717) is 11.6 Å². The van der Waals surface area contributed by atoms with Crippen LogP contribution in [0.2, 0.25) is 10.0 Å². The summed E-state index contributed by atoms with van der Waals surface area (Å²) < 4.78 is 27.5. The number of nitrogens with one attached hydrogen (secondary N) is 1. The van der Waals surface area contributed by atoms with Gasteiger partial charge in [-0.05, 0) is 69.2 Å². The second kappa shape index (κ2) is 10.5. The molecule has 162 valence electrons. The lowest BCUT2D eigenvalue weighted by Gasteiger charge is -2.24. The molecule has 1 N–H and O–H groups in total. The Morgan fingerprint density at radius 1 is 1.03 bits per heavy atom. The molecule has 1 fully saturated rings. The minimum atomic E-state index is -3.96. The van der Waals surface area contributed by atoms with Crippen LogP contribution in [0.1, 0.15) is 19.3 Å². The maximum atomic E-state index is 13.2. The van der Waals surface area contributed by atoms with Crippen LogP contribution >= 0.6 is 23.2 Å². The van der Waals surface area contributed by atoms with Gasteiger partial charge < -0.3 is 10.2 Å². The van der Waals surface area contributed by atoms with Crippen LogP contribution in [0.15, 0.2) is 53.4 Å². The van der Waals surface area contributed by atoms with Crippen LogP contribution in [0.4, 0.5) is 5.69 Å². The topological polar surface area (TPSA) is 69.7 Å². The van der Waals surface area contributed by atoms with E-state index in [0.717, 1.165) is 30.4 Å². The number of carbonyl (C=O) groups is 1. The number of hydrogen-bond acceptors (Lipinski definition) is 4. The first kappa shape index (κ1) is 22.9. The van der Waals surface area contributed by atoms with E-state index < -0.39 is 10.0 Å². The van der Waals surface area contributed by atoms with Gasteiger partial charge >= 0.3 is 0 Å². The summed E-state index contributed by atoms with van der Waals surface area (Å²) in [5.41, 5.74) is 0.278. The third-order valence-electron chi connectivity index (χ3n) is 4.98. The van der Waals surface area contributed by atoms with Crippen molar-refractivity contribution >= 4 is 44.8 Å². The van der Waals surface area contributed by atoms with Crippen LogP contribution in [0.3, 0.4) is 0 Å². The molecule has 1 aliphatic heterocycles. The van der Waals surface area contributed by atoms with Crippen molar-refractivity contribution in [3.63, 3.8) is 0 Å². The third kappa shape index (κ3) is 5.88. The monoisotopic (exact) mass is 469 g/mol. The second-order valence-electron chi connectivity index (χ2n) is 7.18. The highest BCUT2D eigenvalue weighted by atomic mass is 35.5. The Hall–Kier alpha value is -1.80. The lowest BCUT2D eigenvalue weighted by molar-refractivity contribution is -0.119. The molecule has 9 heteroatoms. The zero-order valence-electron chi connectivity index (χ0n) is 16.6. The van der Waals surface area contributed by atoms with E-state index in [-0.39, 0.29) is 28.1 Å². The molecule has 1 amide bonds. The highest BCUT2D eigenvalue weighted by Crippen LogP contribution is 2.30. The summed E-state index contributed by atoms with van der Waals surface area (Å²) in [6.07, 6.45) is 3.27. The Balaban J connectivity index is 1.72. The summed E-state index contributed by atoms with van der Waals surface area (Å²) in [5.74, 6) is -0.373.